The molecule has 0 spiro atoms. The summed E-state index contributed by atoms with van der Waals surface area (Å²) in [6.07, 6.45) is 1.47. The van der Waals surface area contributed by atoms with Gasteiger partial charge in [-0.1, -0.05) is 18.2 Å². The van der Waals surface area contributed by atoms with E-state index in [1.807, 2.05) is 47.2 Å². The minimum atomic E-state index is -0.458. The second-order valence-electron chi connectivity index (χ2n) is 7.20. The van der Waals surface area contributed by atoms with Crippen LogP contribution in [0.25, 0.3) is 9.88 Å². The summed E-state index contributed by atoms with van der Waals surface area (Å²) >= 11 is 3.21. The first-order valence-corrected chi connectivity index (χ1v) is 11.8. The zero-order valence-electron chi connectivity index (χ0n) is 17.2. The van der Waals surface area contributed by atoms with Crippen molar-refractivity contribution in [3.05, 3.63) is 58.4 Å². The van der Waals surface area contributed by atoms with Crippen LogP contribution in [0.3, 0.4) is 0 Å². The number of hydrogen-bond acceptors (Lipinski definition) is 6. The van der Waals surface area contributed by atoms with Gasteiger partial charge >= 0.3 is 6.03 Å². The van der Waals surface area contributed by atoms with Crippen molar-refractivity contribution in [3.63, 3.8) is 0 Å². The lowest BCUT2D eigenvalue weighted by atomic mass is 10.2. The molecule has 9 heteroatoms. The molecule has 3 aromatic rings. The van der Waals surface area contributed by atoms with Crippen molar-refractivity contribution in [2.45, 2.75) is 32.0 Å². The Balaban J connectivity index is 1.30. The fraction of sp³-hybridized carbons (Fsp3) is 0.318. The van der Waals surface area contributed by atoms with Gasteiger partial charge in [-0.05, 0) is 42.0 Å². The van der Waals surface area contributed by atoms with Gasteiger partial charge in [-0.2, -0.15) is 0 Å². The van der Waals surface area contributed by atoms with E-state index in [9.17, 15) is 9.59 Å². The number of rotatable bonds is 7. The Kier molecular flexibility index (Phi) is 6.83. The second kappa shape index (κ2) is 9.93. The lowest BCUT2D eigenvalue weighted by Crippen LogP contribution is -2.49. The molecule has 0 bridgehead atoms. The van der Waals surface area contributed by atoms with Gasteiger partial charge in [-0.25, -0.2) is 9.78 Å². The highest BCUT2D eigenvalue weighted by Gasteiger charge is 2.33. The second-order valence-corrected chi connectivity index (χ2v) is 9.01. The molecule has 0 unspecified atom stereocenters. The molecule has 1 saturated heterocycles. The molecule has 0 radical (unpaired) electrons. The number of hydrogen-bond donors (Lipinski definition) is 2. The van der Waals surface area contributed by atoms with Crippen LogP contribution in [-0.4, -0.2) is 41.5 Å². The van der Waals surface area contributed by atoms with Gasteiger partial charge in [0.1, 0.15) is 16.8 Å². The summed E-state index contributed by atoms with van der Waals surface area (Å²) in [7, 11) is 1.61. The lowest BCUT2D eigenvalue weighted by molar-refractivity contribution is -0.124. The quantitative estimate of drug-likeness (QED) is 0.565. The standard InChI is InChI=1S/C22H24N4O3S2/c1-29-17-6-2-5-15(11-17)12-24-22(28)26-9-3-7-18(26)20(27)23-13-16-14-31-21(25-16)19-8-4-10-30-19/h2,4-6,8,10-11,14,18H,3,7,9,12-13H2,1H3,(H,23,27)(H,24,28)/t18-/m1/s1. The molecule has 1 fully saturated rings. The smallest absolute Gasteiger partial charge is 0.318 e. The first kappa shape index (κ1) is 21.3. The summed E-state index contributed by atoms with van der Waals surface area (Å²) in [6, 6.07) is 10.9. The van der Waals surface area contributed by atoms with Gasteiger partial charge < -0.3 is 20.3 Å². The van der Waals surface area contributed by atoms with E-state index in [0.29, 0.717) is 26.1 Å². The number of carbonyl (C=O) groups excluding carboxylic acids is 2. The van der Waals surface area contributed by atoms with Gasteiger partial charge in [0.25, 0.3) is 0 Å². The molecule has 1 aliphatic heterocycles. The number of carbonyl (C=O) groups is 2. The largest absolute Gasteiger partial charge is 0.497 e. The molecular weight excluding hydrogens is 432 g/mol. The Bertz CT molecular complexity index is 1040. The summed E-state index contributed by atoms with van der Waals surface area (Å²) in [5.74, 6) is 0.606. The molecule has 0 saturated carbocycles. The van der Waals surface area contributed by atoms with Gasteiger partial charge in [0.05, 0.1) is 24.2 Å². The number of nitrogens with one attached hydrogen (secondary N) is 2. The fourth-order valence-electron chi connectivity index (χ4n) is 3.54. The minimum Gasteiger partial charge on any atom is -0.497 e. The molecule has 3 heterocycles. The van der Waals surface area contributed by atoms with E-state index in [-0.39, 0.29) is 11.9 Å². The molecule has 162 valence electrons. The maximum Gasteiger partial charge on any atom is 0.318 e. The van der Waals surface area contributed by atoms with E-state index >= 15 is 0 Å². The van der Waals surface area contributed by atoms with Gasteiger partial charge in [0, 0.05) is 18.5 Å². The number of ether oxygens (including phenoxy) is 1. The van der Waals surface area contributed by atoms with E-state index in [0.717, 1.165) is 33.3 Å². The highest BCUT2D eigenvalue weighted by Crippen LogP contribution is 2.27. The van der Waals surface area contributed by atoms with E-state index in [2.05, 4.69) is 15.6 Å². The lowest BCUT2D eigenvalue weighted by Gasteiger charge is -2.24. The molecular formula is C22H24N4O3S2. The molecule has 1 aromatic carbocycles. The average Bonchev–Trinajstić information content (AvgIpc) is 3.56. The zero-order valence-corrected chi connectivity index (χ0v) is 18.8. The van der Waals surface area contributed by atoms with Crippen molar-refractivity contribution in [1.82, 2.24) is 20.5 Å². The monoisotopic (exact) mass is 456 g/mol. The van der Waals surface area contributed by atoms with E-state index in [4.69, 9.17) is 4.74 Å². The topological polar surface area (TPSA) is 83.6 Å². The number of thiazole rings is 1. The van der Waals surface area contributed by atoms with E-state index < -0.39 is 6.04 Å². The Hall–Kier alpha value is -2.91. The number of nitrogens with zero attached hydrogens (tertiary/aromatic N) is 2. The van der Waals surface area contributed by atoms with E-state index in [1.54, 1.807) is 34.7 Å². The van der Waals surface area contributed by atoms with Crippen LogP contribution >= 0.6 is 22.7 Å². The Labute approximate surface area is 189 Å². The number of amides is 3. The minimum absolute atomic E-state index is 0.139. The maximum atomic E-state index is 12.8. The van der Waals surface area contributed by atoms with Crippen LogP contribution in [0.15, 0.2) is 47.2 Å². The molecule has 2 N–H and O–H groups in total. The van der Waals surface area contributed by atoms with Gasteiger partial charge in [-0.15, -0.1) is 22.7 Å². The van der Waals surface area contributed by atoms with Gasteiger partial charge in [0.15, 0.2) is 0 Å². The van der Waals surface area contributed by atoms with Crippen LogP contribution in [0.5, 0.6) is 5.75 Å². The average molecular weight is 457 g/mol. The highest BCUT2D eigenvalue weighted by atomic mass is 32.1. The number of thiophene rings is 1. The van der Waals surface area contributed by atoms with Crippen molar-refractivity contribution in [2.24, 2.45) is 0 Å². The number of aromatic nitrogens is 1. The van der Waals surface area contributed by atoms with Gasteiger partial charge in [0.2, 0.25) is 5.91 Å². The van der Waals surface area contributed by atoms with Crippen LogP contribution in [-0.2, 0) is 17.9 Å². The Morgan fingerprint density at radius 1 is 1.19 bits per heavy atom. The van der Waals surface area contributed by atoms with Crippen molar-refractivity contribution in [1.29, 1.82) is 0 Å². The zero-order chi connectivity index (χ0) is 21.6. The van der Waals surface area contributed by atoms with Crippen molar-refractivity contribution in [3.8, 4) is 15.6 Å². The molecule has 0 aliphatic carbocycles. The predicted octanol–water partition coefficient (Wildman–Crippen LogP) is 3.87. The molecule has 3 amide bonds. The van der Waals surface area contributed by atoms with Crippen LogP contribution in [0.1, 0.15) is 24.1 Å². The Morgan fingerprint density at radius 3 is 2.90 bits per heavy atom. The predicted molar refractivity (Wildman–Crippen MR) is 122 cm³/mol. The summed E-state index contributed by atoms with van der Waals surface area (Å²) in [6.45, 7) is 1.31. The third-order valence-electron chi connectivity index (χ3n) is 5.12. The summed E-state index contributed by atoms with van der Waals surface area (Å²) < 4.78 is 5.22. The SMILES string of the molecule is COc1cccc(CNC(=O)N2CCC[C@@H]2C(=O)NCc2csc(-c3cccs3)n2)c1. The first-order valence-electron chi connectivity index (χ1n) is 10.1. The maximum absolute atomic E-state index is 12.8. The van der Waals surface area contributed by atoms with Crippen LogP contribution < -0.4 is 15.4 Å². The first-order chi connectivity index (χ1) is 15.1. The molecule has 2 aromatic heterocycles. The number of methoxy groups -OCH3 is 1. The fourth-order valence-corrected chi connectivity index (χ4v) is 5.17. The number of urea groups is 1. The summed E-state index contributed by atoms with van der Waals surface area (Å²) in [5.41, 5.74) is 1.77. The Morgan fingerprint density at radius 2 is 2.10 bits per heavy atom. The van der Waals surface area contributed by atoms with Crippen LogP contribution in [0, 0.1) is 0 Å². The summed E-state index contributed by atoms with van der Waals surface area (Å²) in [4.78, 5) is 32.8. The van der Waals surface area contributed by atoms with Crippen molar-refractivity contribution >= 4 is 34.6 Å². The normalized spacial score (nSPS) is 15.6. The van der Waals surface area contributed by atoms with Crippen LogP contribution in [0.2, 0.25) is 0 Å². The molecule has 1 aliphatic rings. The number of likely N-dealkylation sites (tertiary alicyclic amines) is 1. The van der Waals surface area contributed by atoms with Crippen LogP contribution in [0.4, 0.5) is 4.79 Å². The van der Waals surface area contributed by atoms with Crippen molar-refractivity contribution < 1.29 is 14.3 Å². The van der Waals surface area contributed by atoms with Gasteiger partial charge in [-0.3, -0.25) is 4.79 Å². The third-order valence-corrected chi connectivity index (χ3v) is 7.05. The summed E-state index contributed by atoms with van der Waals surface area (Å²) in [5, 5.41) is 10.8. The highest BCUT2D eigenvalue weighted by molar-refractivity contribution is 7.20. The van der Waals surface area contributed by atoms with Crippen molar-refractivity contribution in [2.75, 3.05) is 13.7 Å². The third kappa shape index (κ3) is 5.23. The van der Waals surface area contributed by atoms with E-state index in [1.165, 1.54) is 0 Å². The molecule has 7 nitrogen and oxygen atoms in total. The molecule has 31 heavy (non-hydrogen) atoms. The number of benzene rings is 1. The molecule has 1 atom stereocenters. The molecule has 4 rings (SSSR count).